The number of likely N-dealkylation sites (tertiary alicyclic amines) is 1. The summed E-state index contributed by atoms with van der Waals surface area (Å²) in [5, 5.41) is 3.67. The molecular formula is C20H22Cl2N2O2. The number of rotatable bonds is 6. The molecule has 1 heterocycles. The monoisotopic (exact) mass is 392 g/mol. The van der Waals surface area contributed by atoms with E-state index in [4.69, 9.17) is 27.9 Å². The highest BCUT2D eigenvalue weighted by Gasteiger charge is 2.26. The molecule has 2 aromatic rings. The lowest BCUT2D eigenvalue weighted by molar-refractivity contribution is 0.0937. The van der Waals surface area contributed by atoms with Crippen molar-refractivity contribution in [2.75, 3.05) is 26.7 Å². The fourth-order valence-electron chi connectivity index (χ4n) is 3.39. The van der Waals surface area contributed by atoms with Crippen LogP contribution < -0.4 is 10.1 Å². The van der Waals surface area contributed by atoms with E-state index in [0.29, 0.717) is 17.1 Å². The molecule has 1 saturated heterocycles. The Bertz CT molecular complexity index is 776. The van der Waals surface area contributed by atoms with Crippen LogP contribution in [0.25, 0.3) is 0 Å². The topological polar surface area (TPSA) is 41.6 Å². The van der Waals surface area contributed by atoms with Gasteiger partial charge in [0.15, 0.2) is 0 Å². The van der Waals surface area contributed by atoms with Crippen molar-refractivity contribution in [2.45, 2.75) is 18.9 Å². The quantitative estimate of drug-likeness (QED) is 0.782. The molecule has 3 rings (SSSR count). The molecule has 0 bridgehead atoms. The van der Waals surface area contributed by atoms with Crippen molar-refractivity contribution in [3.8, 4) is 5.75 Å². The fraction of sp³-hybridized carbons (Fsp3) is 0.350. The molecule has 1 amide bonds. The second kappa shape index (κ2) is 8.76. The zero-order valence-corrected chi connectivity index (χ0v) is 16.2. The first-order valence-corrected chi connectivity index (χ1v) is 9.46. The van der Waals surface area contributed by atoms with Crippen LogP contribution in [0.1, 0.15) is 34.8 Å². The molecule has 2 aromatic carbocycles. The van der Waals surface area contributed by atoms with Gasteiger partial charge < -0.3 is 10.1 Å². The Morgan fingerprint density at radius 1 is 1.15 bits per heavy atom. The molecule has 6 heteroatoms. The van der Waals surface area contributed by atoms with Crippen molar-refractivity contribution in [3.05, 3.63) is 63.6 Å². The first-order valence-electron chi connectivity index (χ1n) is 8.71. The van der Waals surface area contributed by atoms with Crippen LogP contribution in [-0.4, -0.2) is 37.6 Å². The van der Waals surface area contributed by atoms with Crippen LogP contribution in [0.4, 0.5) is 0 Å². The summed E-state index contributed by atoms with van der Waals surface area (Å²) in [6.07, 6.45) is 2.33. The van der Waals surface area contributed by atoms with E-state index in [1.165, 1.54) is 12.8 Å². The third-order valence-electron chi connectivity index (χ3n) is 4.73. The van der Waals surface area contributed by atoms with Gasteiger partial charge in [-0.25, -0.2) is 0 Å². The second-order valence-electron chi connectivity index (χ2n) is 6.31. The summed E-state index contributed by atoms with van der Waals surface area (Å²) in [5.41, 5.74) is 1.47. The lowest BCUT2D eigenvalue weighted by Crippen LogP contribution is -2.37. The van der Waals surface area contributed by atoms with Crippen molar-refractivity contribution < 1.29 is 9.53 Å². The Hall–Kier alpha value is -1.75. The Morgan fingerprint density at radius 3 is 2.62 bits per heavy atom. The molecule has 138 valence electrons. The Labute approximate surface area is 164 Å². The number of carbonyl (C=O) groups excluding carboxylic acids is 1. The van der Waals surface area contributed by atoms with E-state index in [2.05, 4.69) is 16.3 Å². The third kappa shape index (κ3) is 4.14. The molecule has 1 fully saturated rings. The van der Waals surface area contributed by atoms with Crippen LogP contribution in [0, 0.1) is 0 Å². The zero-order chi connectivity index (χ0) is 18.5. The molecule has 0 radical (unpaired) electrons. The van der Waals surface area contributed by atoms with Crippen molar-refractivity contribution in [1.82, 2.24) is 10.2 Å². The zero-order valence-electron chi connectivity index (χ0n) is 14.7. The minimum Gasteiger partial charge on any atom is -0.496 e. The van der Waals surface area contributed by atoms with Gasteiger partial charge in [-0.1, -0.05) is 47.5 Å². The van der Waals surface area contributed by atoms with Gasteiger partial charge in [0.25, 0.3) is 5.91 Å². The molecule has 0 unspecified atom stereocenters. The van der Waals surface area contributed by atoms with E-state index in [9.17, 15) is 4.79 Å². The van der Waals surface area contributed by atoms with Gasteiger partial charge >= 0.3 is 0 Å². The number of hydrogen-bond acceptors (Lipinski definition) is 3. The highest BCUT2D eigenvalue weighted by Crippen LogP contribution is 2.31. The lowest BCUT2D eigenvalue weighted by atomic mass is 10.0. The number of para-hydroxylation sites is 1. The number of nitrogens with zero attached hydrogens (tertiary/aromatic N) is 1. The highest BCUT2D eigenvalue weighted by atomic mass is 35.5. The van der Waals surface area contributed by atoms with Gasteiger partial charge in [0, 0.05) is 12.1 Å². The van der Waals surface area contributed by atoms with Crippen LogP contribution in [-0.2, 0) is 0 Å². The van der Waals surface area contributed by atoms with E-state index in [-0.39, 0.29) is 17.0 Å². The molecule has 4 nitrogen and oxygen atoms in total. The number of benzene rings is 2. The third-order valence-corrected chi connectivity index (χ3v) is 5.55. The molecule has 0 aliphatic carbocycles. The average Bonchev–Trinajstić information content (AvgIpc) is 3.19. The maximum atomic E-state index is 12.6. The van der Waals surface area contributed by atoms with Crippen LogP contribution in [0.2, 0.25) is 10.0 Å². The maximum Gasteiger partial charge on any atom is 0.252 e. The van der Waals surface area contributed by atoms with E-state index < -0.39 is 0 Å². The summed E-state index contributed by atoms with van der Waals surface area (Å²) in [5.74, 6) is 0.607. The summed E-state index contributed by atoms with van der Waals surface area (Å²) >= 11 is 12.2. The van der Waals surface area contributed by atoms with Gasteiger partial charge in [-0.2, -0.15) is 0 Å². The number of methoxy groups -OCH3 is 1. The van der Waals surface area contributed by atoms with Gasteiger partial charge in [-0.15, -0.1) is 0 Å². The first kappa shape index (κ1) is 19.0. The van der Waals surface area contributed by atoms with Gasteiger partial charge in [0.1, 0.15) is 5.75 Å². The molecule has 0 spiro atoms. The number of ether oxygens (including phenoxy) is 1. The molecule has 1 atom stereocenters. The van der Waals surface area contributed by atoms with Crippen LogP contribution in [0.3, 0.4) is 0 Å². The summed E-state index contributed by atoms with van der Waals surface area (Å²) in [6, 6.07) is 13.1. The molecule has 0 saturated carbocycles. The summed E-state index contributed by atoms with van der Waals surface area (Å²) < 4.78 is 5.53. The summed E-state index contributed by atoms with van der Waals surface area (Å²) in [7, 11) is 1.67. The predicted octanol–water partition coefficient (Wildman–Crippen LogP) is 4.57. The fourth-order valence-corrected chi connectivity index (χ4v) is 3.78. The highest BCUT2D eigenvalue weighted by molar-refractivity contribution is 6.43. The first-order chi connectivity index (χ1) is 12.6. The van der Waals surface area contributed by atoms with Gasteiger partial charge in [0.2, 0.25) is 0 Å². The number of carbonyl (C=O) groups is 1. The van der Waals surface area contributed by atoms with E-state index in [0.717, 1.165) is 24.4 Å². The van der Waals surface area contributed by atoms with Gasteiger partial charge in [-0.05, 0) is 44.1 Å². The van der Waals surface area contributed by atoms with Crippen LogP contribution in [0.15, 0.2) is 42.5 Å². The van der Waals surface area contributed by atoms with Crippen LogP contribution in [0.5, 0.6) is 5.75 Å². The number of hydrogen-bond donors (Lipinski definition) is 1. The predicted molar refractivity (Wildman–Crippen MR) is 105 cm³/mol. The number of nitrogens with one attached hydrogen (secondary N) is 1. The van der Waals surface area contributed by atoms with Gasteiger partial charge in [-0.3, -0.25) is 9.69 Å². The summed E-state index contributed by atoms with van der Waals surface area (Å²) in [4.78, 5) is 15.0. The average molecular weight is 393 g/mol. The largest absolute Gasteiger partial charge is 0.496 e. The lowest BCUT2D eigenvalue weighted by Gasteiger charge is -2.29. The van der Waals surface area contributed by atoms with E-state index in [1.54, 1.807) is 25.3 Å². The Morgan fingerprint density at radius 2 is 1.88 bits per heavy atom. The molecule has 0 aromatic heterocycles. The van der Waals surface area contributed by atoms with Crippen molar-refractivity contribution in [1.29, 1.82) is 0 Å². The Kier molecular flexibility index (Phi) is 6.41. The van der Waals surface area contributed by atoms with E-state index >= 15 is 0 Å². The molecule has 26 heavy (non-hydrogen) atoms. The molecule has 1 aliphatic rings. The van der Waals surface area contributed by atoms with Crippen molar-refractivity contribution >= 4 is 29.1 Å². The standard InChI is InChI=1S/C20H22Cl2N2O2/c1-26-18-10-3-2-7-14(18)17(24-11-4-5-12-24)13-23-20(25)15-8-6-9-16(21)19(15)22/h2-3,6-10,17H,4-5,11-13H2,1H3,(H,23,25)/t17-/m1/s1. The Balaban J connectivity index is 1.80. The van der Waals surface area contributed by atoms with Gasteiger partial charge in [0.05, 0.1) is 28.8 Å². The number of halogens is 2. The normalized spacial score (nSPS) is 15.7. The minimum absolute atomic E-state index is 0.0514. The second-order valence-corrected chi connectivity index (χ2v) is 7.10. The SMILES string of the molecule is COc1ccccc1[C@@H](CNC(=O)c1cccc(Cl)c1Cl)N1CCCC1. The van der Waals surface area contributed by atoms with Crippen LogP contribution >= 0.6 is 23.2 Å². The maximum absolute atomic E-state index is 12.6. The molecule has 1 N–H and O–H groups in total. The number of amides is 1. The summed E-state index contributed by atoms with van der Waals surface area (Å²) in [6.45, 7) is 2.50. The molecular weight excluding hydrogens is 371 g/mol. The van der Waals surface area contributed by atoms with E-state index in [1.807, 2.05) is 18.2 Å². The minimum atomic E-state index is -0.225. The van der Waals surface area contributed by atoms with Crippen molar-refractivity contribution in [3.63, 3.8) is 0 Å². The molecule has 1 aliphatic heterocycles. The smallest absolute Gasteiger partial charge is 0.252 e. The van der Waals surface area contributed by atoms with Crippen molar-refractivity contribution in [2.24, 2.45) is 0 Å².